The van der Waals surface area contributed by atoms with Crippen molar-refractivity contribution in [2.24, 2.45) is 0 Å². The number of amides is 2. The van der Waals surface area contributed by atoms with Crippen molar-refractivity contribution >= 4 is 43.5 Å². The van der Waals surface area contributed by atoms with Crippen molar-refractivity contribution in [3.8, 4) is 0 Å². The van der Waals surface area contributed by atoms with E-state index < -0.39 is 40.2 Å². The number of carbonyl (C=O) groups is 2. The molecule has 4 rings (SSSR count). The lowest BCUT2D eigenvalue weighted by molar-refractivity contribution is -0.139. The molecular formula is C31H29BrFN3O4S. The fourth-order valence-electron chi connectivity index (χ4n) is 4.39. The van der Waals surface area contributed by atoms with Crippen LogP contribution in [0.1, 0.15) is 11.1 Å². The van der Waals surface area contributed by atoms with Crippen molar-refractivity contribution in [1.29, 1.82) is 0 Å². The maximum Gasteiger partial charge on any atom is 0.264 e. The van der Waals surface area contributed by atoms with Gasteiger partial charge in [0.1, 0.15) is 18.4 Å². The molecule has 0 aliphatic rings. The van der Waals surface area contributed by atoms with Crippen LogP contribution in [0.3, 0.4) is 0 Å². The Morgan fingerprint density at radius 2 is 1.44 bits per heavy atom. The summed E-state index contributed by atoms with van der Waals surface area (Å²) in [4.78, 5) is 28.6. The highest BCUT2D eigenvalue weighted by molar-refractivity contribution is 9.10. The number of carbonyl (C=O) groups excluding carboxylic acids is 2. The summed E-state index contributed by atoms with van der Waals surface area (Å²) in [5.41, 5.74) is 1.24. The van der Waals surface area contributed by atoms with Crippen LogP contribution in [0.25, 0.3) is 0 Å². The highest BCUT2D eigenvalue weighted by Gasteiger charge is 2.34. The van der Waals surface area contributed by atoms with Gasteiger partial charge >= 0.3 is 0 Å². The minimum Gasteiger partial charge on any atom is -0.357 e. The molecule has 1 unspecified atom stereocenters. The van der Waals surface area contributed by atoms with Gasteiger partial charge in [0.25, 0.3) is 10.0 Å². The first-order valence-corrected chi connectivity index (χ1v) is 15.1. The third kappa shape index (κ3) is 7.39. The fraction of sp³-hybridized carbons (Fsp3) is 0.161. The number of hydrogen-bond acceptors (Lipinski definition) is 4. The van der Waals surface area contributed by atoms with Crippen LogP contribution in [0.4, 0.5) is 10.1 Å². The molecule has 10 heteroatoms. The van der Waals surface area contributed by atoms with E-state index in [4.69, 9.17) is 0 Å². The molecule has 4 aromatic carbocycles. The van der Waals surface area contributed by atoms with Gasteiger partial charge in [-0.25, -0.2) is 12.8 Å². The van der Waals surface area contributed by atoms with Gasteiger partial charge in [-0.1, -0.05) is 82.7 Å². The van der Waals surface area contributed by atoms with Crippen molar-refractivity contribution < 1.29 is 22.4 Å². The van der Waals surface area contributed by atoms with Gasteiger partial charge in [0.05, 0.1) is 10.6 Å². The molecule has 0 aliphatic carbocycles. The van der Waals surface area contributed by atoms with E-state index in [-0.39, 0.29) is 29.1 Å². The second kappa shape index (κ2) is 13.6. The standard InChI is InChI=1S/C31H29BrFN3O4S/c1-34-31(38)29(20-23-10-4-2-5-11-23)35(21-24-12-8-9-15-28(24)33)30(37)22-36(26-18-16-25(32)17-19-26)41(39,40)27-13-6-3-7-14-27/h2-19,29H,20-22H2,1H3,(H,34,38). The lowest BCUT2D eigenvalue weighted by atomic mass is 10.0. The molecule has 0 saturated heterocycles. The van der Waals surface area contributed by atoms with Gasteiger partial charge in [-0.3, -0.25) is 13.9 Å². The summed E-state index contributed by atoms with van der Waals surface area (Å²) in [5.74, 6) is -1.66. The molecule has 0 aromatic heterocycles. The average Bonchev–Trinajstić information content (AvgIpc) is 2.99. The largest absolute Gasteiger partial charge is 0.357 e. The van der Waals surface area contributed by atoms with E-state index in [0.717, 1.165) is 14.3 Å². The molecule has 2 amide bonds. The van der Waals surface area contributed by atoms with Gasteiger partial charge in [-0.15, -0.1) is 0 Å². The summed E-state index contributed by atoms with van der Waals surface area (Å²) in [5, 5.41) is 2.60. The Kier molecular flexibility index (Phi) is 9.91. The van der Waals surface area contributed by atoms with Crippen LogP contribution in [0.15, 0.2) is 119 Å². The van der Waals surface area contributed by atoms with Crippen molar-refractivity contribution in [3.05, 3.63) is 131 Å². The van der Waals surface area contributed by atoms with Crippen molar-refractivity contribution in [2.45, 2.75) is 23.9 Å². The lowest BCUT2D eigenvalue weighted by Crippen LogP contribution is -2.53. The van der Waals surface area contributed by atoms with Gasteiger partial charge in [0.15, 0.2) is 0 Å². The Morgan fingerprint density at radius 1 is 0.854 bits per heavy atom. The molecule has 0 heterocycles. The van der Waals surface area contributed by atoms with E-state index >= 15 is 0 Å². The van der Waals surface area contributed by atoms with Crippen molar-refractivity contribution in [3.63, 3.8) is 0 Å². The highest BCUT2D eigenvalue weighted by Crippen LogP contribution is 2.26. The second-order valence-electron chi connectivity index (χ2n) is 9.23. The van der Waals surface area contributed by atoms with Crippen LogP contribution >= 0.6 is 15.9 Å². The maximum atomic E-state index is 14.8. The van der Waals surface area contributed by atoms with E-state index in [2.05, 4.69) is 21.2 Å². The molecule has 4 aromatic rings. The zero-order valence-electron chi connectivity index (χ0n) is 22.3. The highest BCUT2D eigenvalue weighted by atomic mass is 79.9. The minimum atomic E-state index is -4.19. The summed E-state index contributed by atoms with van der Waals surface area (Å²) in [6, 6.07) is 28.4. The molecule has 0 fully saturated rings. The van der Waals surface area contributed by atoms with E-state index in [9.17, 15) is 22.4 Å². The SMILES string of the molecule is CNC(=O)C(Cc1ccccc1)N(Cc1ccccc1F)C(=O)CN(c1ccc(Br)cc1)S(=O)(=O)c1ccccc1. The molecule has 0 radical (unpaired) electrons. The lowest BCUT2D eigenvalue weighted by Gasteiger charge is -2.33. The molecule has 41 heavy (non-hydrogen) atoms. The summed E-state index contributed by atoms with van der Waals surface area (Å²) >= 11 is 3.36. The van der Waals surface area contributed by atoms with Crippen LogP contribution in [-0.2, 0) is 32.6 Å². The molecule has 0 spiro atoms. The van der Waals surface area contributed by atoms with E-state index in [1.165, 1.54) is 42.3 Å². The molecule has 7 nitrogen and oxygen atoms in total. The van der Waals surface area contributed by atoms with Crippen LogP contribution in [-0.4, -0.2) is 44.8 Å². The first-order chi connectivity index (χ1) is 19.7. The number of benzene rings is 4. The zero-order chi connectivity index (χ0) is 29.4. The first kappa shape index (κ1) is 30.0. The number of sulfonamides is 1. The summed E-state index contributed by atoms with van der Waals surface area (Å²) in [6.45, 7) is -0.856. The third-order valence-corrected chi connectivity index (χ3v) is 8.86. The van der Waals surface area contributed by atoms with Crippen molar-refractivity contribution in [1.82, 2.24) is 10.2 Å². The van der Waals surface area contributed by atoms with Crippen LogP contribution in [0.2, 0.25) is 0 Å². The van der Waals surface area contributed by atoms with E-state index in [1.807, 2.05) is 30.3 Å². The molecule has 0 bridgehead atoms. The Hall–Kier alpha value is -4.02. The number of rotatable bonds is 11. The molecule has 1 N–H and O–H groups in total. The second-order valence-corrected chi connectivity index (χ2v) is 12.0. The summed E-state index contributed by atoms with van der Waals surface area (Å²) < 4.78 is 44.2. The predicted octanol–water partition coefficient (Wildman–Crippen LogP) is 5.17. The monoisotopic (exact) mass is 637 g/mol. The van der Waals surface area contributed by atoms with Gasteiger partial charge in [-0.2, -0.15) is 0 Å². The Balaban J connectivity index is 1.78. The predicted molar refractivity (Wildman–Crippen MR) is 160 cm³/mol. The first-order valence-electron chi connectivity index (χ1n) is 12.8. The van der Waals surface area contributed by atoms with Crippen LogP contribution in [0, 0.1) is 5.82 Å². The fourth-order valence-corrected chi connectivity index (χ4v) is 6.09. The van der Waals surface area contributed by atoms with Crippen LogP contribution in [0.5, 0.6) is 0 Å². The Bertz CT molecular complexity index is 1590. The Morgan fingerprint density at radius 3 is 2.05 bits per heavy atom. The normalized spacial score (nSPS) is 11.9. The third-order valence-electron chi connectivity index (χ3n) is 6.54. The number of anilines is 1. The van der Waals surface area contributed by atoms with E-state index in [0.29, 0.717) is 0 Å². The molecular weight excluding hydrogens is 609 g/mol. The van der Waals surface area contributed by atoms with Gasteiger partial charge in [0.2, 0.25) is 11.8 Å². The minimum absolute atomic E-state index is 0.00325. The number of nitrogens with one attached hydrogen (secondary N) is 1. The van der Waals surface area contributed by atoms with Gasteiger partial charge in [0, 0.05) is 30.0 Å². The maximum absolute atomic E-state index is 14.8. The van der Waals surface area contributed by atoms with Gasteiger partial charge in [-0.05, 0) is 48.0 Å². The number of halogens is 2. The average molecular weight is 639 g/mol. The molecule has 212 valence electrons. The number of likely N-dealkylation sites (N-methyl/N-ethyl adjacent to an activating group) is 1. The molecule has 1 atom stereocenters. The zero-order valence-corrected chi connectivity index (χ0v) is 24.7. The smallest absolute Gasteiger partial charge is 0.264 e. The van der Waals surface area contributed by atoms with Gasteiger partial charge < -0.3 is 10.2 Å². The number of nitrogens with zero attached hydrogens (tertiary/aromatic N) is 2. The molecule has 0 aliphatic heterocycles. The van der Waals surface area contributed by atoms with E-state index in [1.54, 1.807) is 48.5 Å². The number of hydrogen-bond donors (Lipinski definition) is 1. The van der Waals surface area contributed by atoms with Crippen molar-refractivity contribution in [2.75, 3.05) is 17.9 Å². The van der Waals surface area contributed by atoms with Crippen LogP contribution < -0.4 is 9.62 Å². The topological polar surface area (TPSA) is 86.8 Å². The summed E-state index contributed by atoms with van der Waals surface area (Å²) in [7, 11) is -2.73. The summed E-state index contributed by atoms with van der Waals surface area (Å²) in [6.07, 6.45) is 0.143. The quantitative estimate of drug-likeness (QED) is 0.246. The Labute approximate surface area is 247 Å². The molecule has 0 saturated carbocycles.